The summed E-state index contributed by atoms with van der Waals surface area (Å²) in [5, 5.41) is 0. The van der Waals surface area contributed by atoms with E-state index in [9.17, 15) is 4.79 Å². The first-order chi connectivity index (χ1) is 12.1. The Balaban J connectivity index is 0.00000196. The first kappa shape index (κ1) is 19.4. The van der Waals surface area contributed by atoms with Crippen LogP contribution in [0, 0.1) is 5.92 Å². The van der Waals surface area contributed by atoms with Gasteiger partial charge < -0.3 is 10.6 Å². The average Bonchev–Trinajstić information content (AvgIpc) is 3.34. The van der Waals surface area contributed by atoms with Crippen molar-refractivity contribution in [1.29, 1.82) is 0 Å². The van der Waals surface area contributed by atoms with Gasteiger partial charge in [-0.3, -0.25) is 4.79 Å². The molecule has 2 aromatic carbocycles. The summed E-state index contributed by atoms with van der Waals surface area (Å²) in [5.74, 6) is 0.959. The van der Waals surface area contributed by atoms with Crippen molar-refractivity contribution in [3.63, 3.8) is 0 Å². The predicted octanol–water partition coefficient (Wildman–Crippen LogP) is 4.10. The fourth-order valence-corrected chi connectivity index (χ4v) is 4.59. The zero-order chi connectivity index (χ0) is 17.4. The Kier molecular flexibility index (Phi) is 5.75. The third-order valence-electron chi connectivity index (χ3n) is 5.80. The maximum absolute atomic E-state index is 13.3. The van der Waals surface area contributed by atoms with Crippen LogP contribution >= 0.6 is 28.3 Å². The van der Waals surface area contributed by atoms with E-state index >= 15 is 0 Å². The zero-order valence-corrected chi connectivity index (χ0v) is 17.0. The van der Waals surface area contributed by atoms with Gasteiger partial charge in [-0.25, -0.2) is 0 Å². The number of rotatable bonds is 4. The highest BCUT2D eigenvalue weighted by Crippen LogP contribution is 2.51. The third-order valence-corrected chi connectivity index (χ3v) is 6.29. The fraction of sp³-hybridized carbons (Fsp3) is 0.381. The smallest absolute Gasteiger partial charge is 0.233 e. The highest BCUT2D eigenvalue weighted by atomic mass is 79.9. The molecular formula is C21H24BrClN2O. The molecule has 0 bridgehead atoms. The standard InChI is InChI=1S/C21H23BrN2O.ClH/c22-18-8-4-7-17(11-18)21(9-10-21)20(25)24-13-16(12-23)19(14-24)15-5-2-1-3-6-15;/h1-8,11,16,19H,9-10,12-14,23H2;1H/t16-,19+;/m1./s1. The molecule has 0 spiro atoms. The fourth-order valence-electron chi connectivity index (χ4n) is 4.19. The largest absolute Gasteiger partial charge is 0.341 e. The van der Waals surface area contributed by atoms with E-state index in [-0.39, 0.29) is 23.7 Å². The van der Waals surface area contributed by atoms with Crippen molar-refractivity contribution in [3.05, 3.63) is 70.2 Å². The number of nitrogens with two attached hydrogens (primary N) is 1. The van der Waals surface area contributed by atoms with Crippen LogP contribution in [0.15, 0.2) is 59.1 Å². The average molecular weight is 436 g/mol. The van der Waals surface area contributed by atoms with E-state index < -0.39 is 0 Å². The Bertz CT molecular complexity index is 779. The summed E-state index contributed by atoms with van der Waals surface area (Å²) >= 11 is 3.53. The molecule has 2 aliphatic rings. The van der Waals surface area contributed by atoms with Gasteiger partial charge in [0.1, 0.15) is 0 Å². The molecule has 5 heteroatoms. The number of hydrogen-bond donors (Lipinski definition) is 1. The van der Waals surface area contributed by atoms with Crippen LogP contribution < -0.4 is 5.73 Å². The molecule has 3 nitrogen and oxygen atoms in total. The summed E-state index contributed by atoms with van der Waals surface area (Å²) < 4.78 is 1.03. The van der Waals surface area contributed by atoms with E-state index in [1.54, 1.807) is 0 Å². The summed E-state index contributed by atoms with van der Waals surface area (Å²) in [7, 11) is 0. The maximum Gasteiger partial charge on any atom is 0.233 e. The van der Waals surface area contributed by atoms with Crippen LogP contribution in [0.2, 0.25) is 0 Å². The number of carbonyl (C=O) groups is 1. The number of benzene rings is 2. The Hall–Kier alpha value is -1.36. The van der Waals surface area contributed by atoms with Gasteiger partial charge in [0.15, 0.2) is 0 Å². The van der Waals surface area contributed by atoms with E-state index in [0.717, 1.165) is 36.0 Å². The molecule has 0 radical (unpaired) electrons. The highest BCUT2D eigenvalue weighted by molar-refractivity contribution is 9.10. The number of nitrogens with zero attached hydrogens (tertiary/aromatic N) is 1. The van der Waals surface area contributed by atoms with Crippen molar-refractivity contribution in [2.45, 2.75) is 24.2 Å². The molecule has 0 aromatic heterocycles. The van der Waals surface area contributed by atoms with Crippen LogP contribution in [0.1, 0.15) is 29.9 Å². The minimum absolute atomic E-state index is 0. The number of hydrogen-bond acceptors (Lipinski definition) is 2. The molecule has 2 N–H and O–H groups in total. The van der Waals surface area contributed by atoms with Crippen LogP contribution in [0.4, 0.5) is 0 Å². The van der Waals surface area contributed by atoms with Crippen LogP contribution in [0.25, 0.3) is 0 Å². The topological polar surface area (TPSA) is 46.3 Å². The predicted molar refractivity (Wildman–Crippen MR) is 111 cm³/mol. The molecule has 1 heterocycles. The van der Waals surface area contributed by atoms with E-state index in [2.05, 4.69) is 57.2 Å². The molecule has 1 amide bonds. The maximum atomic E-state index is 13.3. The van der Waals surface area contributed by atoms with Crippen LogP contribution in [-0.4, -0.2) is 30.4 Å². The Labute approximate surface area is 169 Å². The van der Waals surface area contributed by atoms with E-state index in [1.165, 1.54) is 5.56 Å². The number of amides is 1. The van der Waals surface area contributed by atoms with Crippen LogP contribution in [0.5, 0.6) is 0 Å². The second-order valence-corrected chi connectivity index (χ2v) is 8.23. The van der Waals surface area contributed by atoms with Crippen molar-refractivity contribution in [1.82, 2.24) is 4.90 Å². The van der Waals surface area contributed by atoms with Gasteiger partial charge in [0.25, 0.3) is 0 Å². The van der Waals surface area contributed by atoms with E-state index in [4.69, 9.17) is 5.73 Å². The van der Waals surface area contributed by atoms with Crippen molar-refractivity contribution in [3.8, 4) is 0 Å². The lowest BCUT2D eigenvalue weighted by molar-refractivity contribution is -0.133. The Morgan fingerprint density at radius 1 is 1.12 bits per heavy atom. The van der Waals surface area contributed by atoms with Gasteiger partial charge >= 0.3 is 0 Å². The van der Waals surface area contributed by atoms with Gasteiger partial charge in [-0.2, -0.15) is 0 Å². The van der Waals surface area contributed by atoms with Gasteiger partial charge in [0.2, 0.25) is 5.91 Å². The summed E-state index contributed by atoms with van der Waals surface area (Å²) in [5.41, 5.74) is 8.15. The summed E-state index contributed by atoms with van der Waals surface area (Å²) in [6.45, 7) is 2.17. The van der Waals surface area contributed by atoms with Crippen LogP contribution in [-0.2, 0) is 10.2 Å². The highest BCUT2D eigenvalue weighted by Gasteiger charge is 2.54. The van der Waals surface area contributed by atoms with E-state index in [0.29, 0.717) is 18.4 Å². The van der Waals surface area contributed by atoms with Crippen molar-refractivity contribution in [2.75, 3.05) is 19.6 Å². The first-order valence-corrected chi connectivity index (χ1v) is 9.74. The molecule has 26 heavy (non-hydrogen) atoms. The summed E-state index contributed by atoms with van der Waals surface area (Å²) in [6.07, 6.45) is 1.89. The van der Waals surface area contributed by atoms with Gasteiger partial charge in [-0.15, -0.1) is 12.4 Å². The van der Waals surface area contributed by atoms with E-state index in [1.807, 2.05) is 18.2 Å². The lowest BCUT2D eigenvalue weighted by Crippen LogP contribution is -2.38. The van der Waals surface area contributed by atoms with Crippen LogP contribution in [0.3, 0.4) is 0 Å². The SMILES string of the molecule is Cl.NC[C@@H]1CN(C(=O)C2(c3cccc(Br)c3)CC2)C[C@H]1c1ccccc1. The normalized spacial score (nSPS) is 23.4. The molecule has 2 atom stereocenters. The third kappa shape index (κ3) is 3.42. The Morgan fingerprint density at radius 2 is 1.85 bits per heavy atom. The molecule has 1 aliphatic carbocycles. The number of likely N-dealkylation sites (tertiary alicyclic amines) is 1. The van der Waals surface area contributed by atoms with Crippen molar-refractivity contribution < 1.29 is 4.79 Å². The molecular weight excluding hydrogens is 412 g/mol. The lowest BCUT2D eigenvalue weighted by Gasteiger charge is -2.24. The molecule has 1 saturated heterocycles. The second kappa shape index (κ2) is 7.71. The summed E-state index contributed by atoms with van der Waals surface area (Å²) in [6, 6.07) is 18.7. The number of halogens is 2. The van der Waals surface area contributed by atoms with Gasteiger partial charge in [0, 0.05) is 23.5 Å². The first-order valence-electron chi connectivity index (χ1n) is 8.94. The molecule has 4 rings (SSSR count). The van der Waals surface area contributed by atoms with Crippen molar-refractivity contribution in [2.24, 2.45) is 11.7 Å². The Morgan fingerprint density at radius 3 is 2.46 bits per heavy atom. The molecule has 1 saturated carbocycles. The van der Waals surface area contributed by atoms with Gasteiger partial charge in [-0.1, -0.05) is 58.4 Å². The van der Waals surface area contributed by atoms with Gasteiger partial charge in [0.05, 0.1) is 5.41 Å². The quantitative estimate of drug-likeness (QED) is 0.786. The minimum Gasteiger partial charge on any atom is -0.341 e. The molecule has 0 unspecified atom stereocenters. The lowest BCUT2D eigenvalue weighted by atomic mass is 9.89. The molecule has 2 aromatic rings. The minimum atomic E-state index is -0.311. The second-order valence-electron chi connectivity index (χ2n) is 7.32. The summed E-state index contributed by atoms with van der Waals surface area (Å²) in [4.78, 5) is 15.4. The molecule has 138 valence electrons. The zero-order valence-electron chi connectivity index (χ0n) is 14.6. The monoisotopic (exact) mass is 434 g/mol. The van der Waals surface area contributed by atoms with Gasteiger partial charge in [-0.05, 0) is 48.6 Å². The number of carbonyl (C=O) groups excluding carboxylic acids is 1. The molecule has 1 aliphatic heterocycles. The molecule has 2 fully saturated rings. The van der Waals surface area contributed by atoms with Crippen molar-refractivity contribution >= 4 is 34.2 Å².